The Hall–Kier alpha value is -6.97. The summed E-state index contributed by atoms with van der Waals surface area (Å²) in [5.74, 6) is 0. The van der Waals surface area contributed by atoms with Crippen LogP contribution in [0.4, 0.5) is 11.4 Å². The molecule has 232 valence electrons. The molecule has 0 amide bonds. The van der Waals surface area contributed by atoms with Crippen molar-refractivity contribution in [1.82, 2.24) is 4.57 Å². The van der Waals surface area contributed by atoms with E-state index in [9.17, 15) is 5.26 Å². The van der Waals surface area contributed by atoms with Crippen molar-refractivity contribution in [2.45, 2.75) is 0 Å². The summed E-state index contributed by atoms with van der Waals surface area (Å²) in [6.45, 7) is 16.5. The molecule has 0 radical (unpaired) electrons. The average Bonchev–Trinajstić information content (AvgIpc) is 3.52. The van der Waals surface area contributed by atoms with Crippen LogP contribution in [0.1, 0.15) is 5.56 Å². The second-order valence-corrected chi connectivity index (χ2v) is 16.0. The highest BCUT2D eigenvalue weighted by molar-refractivity contribution is 7.19. The van der Waals surface area contributed by atoms with Gasteiger partial charge in [0.25, 0.3) is 0 Å². The maximum Gasteiger partial charge on any atom is 0.200 e. The standard InChI is InChI=1S/C45H28N4Si/c1-47-41-29-34(30-42(48-2)45(41)49-43-21-13-12-20-39(43)40-28-32(31-46)22-27-44(40)49)33-23-25-38(26-24-33)50(35-14-6-3-7-15-35,36-16-8-4-9-17-36)37-18-10-5-11-19-37/h3-30H. The van der Waals surface area contributed by atoms with Gasteiger partial charge in [0, 0.05) is 10.8 Å². The fourth-order valence-corrected chi connectivity index (χ4v) is 12.2. The van der Waals surface area contributed by atoms with E-state index in [0.29, 0.717) is 22.6 Å². The summed E-state index contributed by atoms with van der Waals surface area (Å²) in [5, 5.41) is 16.6. The molecule has 4 nitrogen and oxygen atoms in total. The molecule has 0 aliphatic carbocycles. The molecule has 0 spiro atoms. The third kappa shape index (κ3) is 4.80. The van der Waals surface area contributed by atoms with Crippen molar-refractivity contribution in [3.8, 4) is 22.9 Å². The summed E-state index contributed by atoms with van der Waals surface area (Å²) in [6, 6.07) is 60.7. The molecular formula is C45H28N4Si. The topological polar surface area (TPSA) is 37.4 Å². The van der Waals surface area contributed by atoms with E-state index in [1.807, 2.05) is 53.1 Å². The highest BCUT2D eigenvalue weighted by Crippen LogP contribution is 2.43. The van der Waals surface area contributed by atoms with E-state index in [-0.39, 0.29) is 0 Å². The third-order valence-electron chi connectivity index (χ3n) is 9.61. The highest BCUT2D eigenvalue weighted by atomic mass is 28.3. The summed E-state index contributed by atoms with van der Waals surface area (Å²) >= 11 is 0. The Balaban J connectivity index is 1.31. The predicted octanol–water partition coefficient (Wildman–Crippen LogP) is 8.80. The van der Waals surface area contributed by atoms with Crippen molar-refractivity contribution in [2.24, 2.45) is 0 Å². The maximum atomic E-state index is 9.60. The zero-order valence-corrected chi connectivity index (χ0v) is 28.0. The van der Waals surface area contributed by atoms with Crippen LogP contribution in [0.2, 0.25) is 0 Å². The number of aromatic nitrogens is 1. The number of fused-ring (bicyclic) bond motifs is 3. The van der Waals surface area contributed by atoms with Gasteiger partial charge < -0.3 is 4.57 Å². The van der Waals surface area contributed by atoms with Crippen LogP contribution in [0.3, 0.4) is 0 Å². The quantitative estimate of drug-likeness (QED) is 0.101. The fraction of sp³-hybridized carbons (Fsp3) is 0. The molecular weight excluding hydrogens is 625 g/mol. The second-order valence-electron chi connectivity index (χ2n) is 12.2. The molecule has 0 saturated carbocycles. The normalized spacial score (nSPS) is 11.1. The predicted molar refractivity (Wildman–Crippen MR) is 207 cm³/mol. The van der Waals surface area contributed by atoms with Gasteiger partial charge in [-0.1, -0.05) is 133 Å². The van der Waals surface area contributed by atoms with Crippen molar-refractivity contribution < 1.29 is 0 Å². The summed E-state index contributed by atoms with van der Waals surface area (Å²) in [4.78, 5) is 7.97. The lowest BCUT2D eigenvalue weighted by atomic mass is 10.0. The lowest BCUT2D eigenvalue weighted by Gasteiger charge is -2.34. The maximum absolute atomic E-state index is 9.60. The molecule has 0 aliphatic rings. The van der Waals surface area contributed by atoms with Crippen LogP contribution < -0.4 is 20.7 Å². The zero-order valence-electron chi connectivity index (χ0n) is 27.0. The minimum atomic E-state index is -2.68. The molecule has 0 fully saturated rings. The monoisotopic (exact) mass is 652 g/mol. The largest absolute Gasteiger partial charge is 0.329 e. The smallest absolute Gasteiger partial charge is 0.200 e. The third-order valence-corrected chi connectivity index (χ3v) is 14.4. The average molecular weight is 653 g/mol. The number of hydrogen-bond acceptors (Lipinski definition) is 1. The first-order valence-electron chi connectivity index (χ1n) is 16.3. The van der Waals surface area contributed by atoms with E-state index in [2.05, 4.69) is 131 Å². The van der Waals surface area contributed by atoms with Crippen LogP contribution in [0.5, 0.6) is 0 Å². The summed E-state index contributed by atoms with van der Waals surface area (Å²) in [6.07, 6.45) is 0. The summed E-state index contributed by atoms with van der Waals surface area (Å²) in [5.41, 5.74) is 5.39. The van der Waals surface area contributed by atoms with E-state index < -0.39 is 8.07 Å². The van der Waals surface area contributed by atoms with Gasteiger partial charge in [0.05, 0.1) is 41.5 Å². The number of benzene rings is 7. The first-order valence-corrected chi connectivity index (χ1v) is 18.3. The summed E-state index contributed by atoms with van der Waals surface area (Å²) in [7, 11) is -2.68. The molecule has 50 heavy (non-hydrogen) atoms. The summed E-state index contributed by atoms with van der Waals surface area (Å²) < 4.78 is 2.00. The second kappa shape index (κ2) is 12.6. The Kier molecular flexibility index (Phi) is 7.63. The Morgan fingerprint density at radius 1 is 0.480 bits per heavy atom. The molecule has 5 heteroatoms. The van der Waals surface area contributed by atoms with E-state index in [1.165, 1.54) is 20.7 Å². The molecule has 0 bridgehead atoms. The van der Waals surface area contributed by atoms with Crippen molar-refractivity contribution in [3.05, 3.63) is 198 Å². The van der Waals surface area contributed by atoms with Gasteiger partial charge in [-0.25, -0.2) is 9.69 Å². The number of nitriles is 1. The van der Waals surface area contributed by atoms with Crippen LogP contribution in [-0.4, -0.2) is 12.6 Å². The Labute approximate surface area is 292 Å². The molecule has 0 N–H and O–H groups in total. The first-order chi connectivity index (χ1) is 24.7. The number of hydrogen-bond donors (Lipinski definition) is 0. The molecule has 0 atom stereocenters. The lowest BCUT2D eigenvalue weighted by molar-refractivity contribution is 1.19. The van der Waals surface area contributed by atoms with Gasteiger partial charge in [-0.2, -0.15) is 5.26 Å². The van der Waals surface area contributed by atoms with Crippen molar-refractivity contribution in [3.63, 3.8) is 0 Å². The number of nitrogens with zero attached hydrogens (tertiary/aromatic N) is 4. The minimum absolute atomic E-state index is 0.395. The van der Waals surface area contributed by atoms with Gasteiger partial charge >= 0.3 is 0 Å². The molecule has 1 heterocycles. The van der Waals surface area contributed by atoms with Gasteiger partial charge in [0.15, 0.2) is 8.07 Å². The molecule has 0 aliphatic heterocycles. The van der Waals surface area contributed by atoms with Gasteiger partial charge in [-0.15, -0.1) is 0 Å². The lowest BCUT2D eigenvalue weighted by Crippen LogP contribution is -2.74. The van der Waals surface area contributed by atoms with Crippen LogP contribution in [0.25, 0.3) is 48.3 Å². The Bertz CT molecular complexity index is 2530. The van der Waals surface area contributed by atoms with E-state index in [0.717, 1.165) is 32.9 Å². The van der Waals surface area contributed by atoms with Crippen molar-refractivity contribution in [2.75, 3.05) is 0 Å². The van der Waals surface area contributed by atoms with Crippen LogP contribution >= 0.6 is 0 Å². The molecule has 8 aromatic rings. The van der Waals surface area contributed by atoms with E-state index in [4.69, 9.17) is 13.1 Å². The first kappa shape index (κ1) is 30.4. The number of rotatable bonds is 6. The van der Waals surface area contributed by atoms with Gasteiger partial charge in [0.1, 0.15) is 0 Å². The van der Waals surface area contributed by atoms with Crippen LogP contribution in [0, 0.1) is 24.5 Å². The molecule has 8 rings (SSSR count). The number of para-hydroxylation sites is 1. The van der Waals surface area contributed by atoms with Crippen molar-refractivity contribution >= 4 is 62.0 Å². The minimum Gasteiger partial charge on any atom is -0.329 e. The van der Waals surface area contributed by atoms with Crippen LogP contribution in [-0.2, 0) is 0 Å². The Morgan fingerprint density at radius 3 is 1.48 bits per heavy atom. The Morgan fingerprint density at radius 2 is 0.960 bits per heavy atom. The SMILES string of the molecule is [C-]#[N+]c1cc(-c2ccc([Si](c3ccccc3)(c3ccccc3)c3ccccc3)cc2)cc([N+]#[C-])c1-n1c2ccccc2c2cc(C#N)ccc21. The van der Waals surface area contributed by atoms with Crippen LogP contribution in [0.15, 0.2) is 170 Å². The van der Waals surface area contributed by atoms with Gasteiger partial charge in [-0.05, 0) is 68.3 Å². The van der Waals surface area contributed by atoms with E-state index in [1.54, 1.807) is 6.07 Å². The highest BCUT2D eigenvalue weighted by Gasteiger charge is 2.41. The van der Waals surface area contributed by atoms with Gasteiger partial charge in [0.2, 0.25) is 11.4 Å². The van der Waals surface area contributed by atoms with E-state index >= 15 is 0 Å². The van der Waals surface area contributed by atoms with Crippen molar-refractivity contribution in [1.29, 1.82) is 5.26 Å². The van der Waals surface area contributed by atoms with Gasteiger partial charge in [-0.3, -0.25) is 0 Å². The fourth-order valence-electron chi connectivity index (χ4n) is 7.43. The zero-order chi connectivity index (χ0) is 34.1. The molecule has 7 aromatic carbocycles. The molecule has 0 unspecified atom stereocenters. The molecule has 0 saturated heterocycles. The molecule has 1 aromatic heterocycles.